The number of rotatable bonds is 7. The molecule has 7 heteroatoms. The molecular weight excluding hydrogens is 345 g/mol. The quantitative estimate of drug-likeness (QED) is 0.334. The van der Waals surface area contributed by atoms with Crippen molar-refractivity contribution in [2.45, 2.75) is 19.4 Å². The van der Waals surface area contributed by atoms with Crippen LogP contribution >= 0.6 is 0 Å². The van der Waals surface area contributed by atoms with E-state index < -0.39 is 23.2 Å². The van der Waals surface area contributed by atoms with E-state index in [1.807, 2.05) is 48.5 Å². The highest BCUT2D eigenvalue weighted by molar-refractivity contribution is 6.32. The smallest absolute Gasteiger partial charge is 0.312 e. The molecule has 1 saturated carbocycles. The number of benzene rings is 2. The summed E-state index contributed by atoms with van der Waals surface area (Å²) >= 11 is 0. The molecule has 0 spiro atoms. The molecule has 0 unspecified atom stereocenters. The van der Waals surface area contributed by atoms with Gasteiger partial charge < -0.3 is 9.47 Å². The van der Waals surface area contributed by atoms with E-state index in [1.165, 1.54) is 7.11 Å². The van der Waals surface area contributed by atoms with Gasteiger partial charge in [-0.25, -0.2) is 5.48 Å². The lowest BCUT2D eigenvalue weighted by Crippen LogP contribution is -2.30. The van der Waals surface area contributed by atoms with Crippen molar-refractivity contribution in [1.29, 1.82) is 0 Å². The second-order valence-corrected chi connectivity index (χ2v) is 6.73. The molecule has 0 bridgehead atoms. The van der Waals surface area contributed by atoms with Gasteiger partial charge in [0.25, 0.3) is 0 Å². The van der Waals surface area contributed by atoms with Gasteiger partial charge in [0.1, 0.15) is 20.2 Å². The second-order valence-electron chi connectivity index (χ2n) is 6.73. The fraction of sp³-hybridized carbons (Fsp3) is 0.300. The van der Waals surface area contributed by atoms with E-state index in [-0.39, 0.29) is 0 Å². The summed E-state index contributed by atoms with van der Waals surface area (Å²) in [7, 11) is 7.05. The maximum absolute atomic E-state index is 12.2. The van der Waals surface area contributed by atoms with Crippen LogP contribution in [0, 0.1) is 11.3 Å². The Hall–Kier alpha value is -2.80. The summed E-state index contributed by atoms with van der Waals surface area (Å²) in [5.74, 6) is -0.913. The first-order chi connectivity index (χ1) is 13.0. The standard InChI is InChI=1S/C20H20BNO5/c1-26-19(24)20(11-17(20)18(23)22-25)10-13-5-7-16(8-6-13)27-12-14-3-2-4-15(21)9-14/h2-9,17,25H,10-12H2,1H3,(H,22,23)/t17-,20+/m1/s1. The minimum atomic E-state index is -0.925. The van der Waals surface area contributed by atoms with E-state index in [2.05, 4.69) is 0 Å². The van der Waals surface area contributed by atoms with Crippen molar-refractivity contribution in [2.75, 3.05) is 7.11 Å². The van der Waals surface area contributed by atoms with Crippen molar-refractivity contribution in [3.05, 3.63) is 59.7 Å². The van der Waals surface area contributed by atoms with Crippen LogP contribution in [0.25, 0.3) is 0 Å². The van der Waals surface area contributed by atoms with Gasteiger partial charge in [-0.3, -0.25) is 14.8 Å². The van der Waals surface area contributed by atoms with E-state index in [9.17, 15) is 9.59 Å². The first-order valence-corrected chi connectivity index (χ1v) is 8.57. The van der Waals surface area contributed by atoms with E-state index in [0.29, 0.717) is 30.7 Å². The van der Waals surface area contributed by atoms with Gasteiger partial charge in [-0.2, -0.15) is 0 Å². The first-order valence-electron chi connectivity index (χ1n) is 8.57. The molecule has 2 aromatic rings. The van der Waals surface area contributed by atoms with Crippen LogP contribution < -0.4 is 15.7 Å². The Kier molecular flexibility index (Phi) is 5.51. The van der Waals surface area contributed by atoms with E-state index in [4.69, 9.17) is 22.5 Å². The van der Waals surface area contributed by atoms with Crippen LogP contribution in [0.3, 0.4) is 0 Å². The molecule has 1 aliphatic rings. The number of nitrogens with one attached hydrogen (secondary N) is 1. The largest absolute Gasteiger partial charge is 0.489 e. The van der Waals surface area contributed by atoms with Crippen molar-refractivity contribution < 1.29 is 24.3 Å². The zero-order chi connectivity index (χ0) is 19.4. The van der Waals surface area contributed by atoms with Crippen LogP contribution in [0.15, 0.2) is 48.5 Å². The van der Waals surface area contributed by atoms with Gasteiger partial charge in [-0.1, -0.05) is 41.9 Å². The van der Waals surface area contributed by atoms with E-state index in [1.54, 1.807) is 5.48 Å². The minimum absolute atomic E-state index is 0.347. The average Bonchev–Trinajstić information content (AvgIpc) is 3.41. The highest BCUT2D eigenvalue weighted by Gasteiger charge is 2.64. The molecule has 1 fully saturated rings. The molecular formula is C20H20BNO5. The summed E-state index contributed by atoms with van der Waals surface area (Å²) in [6.45, 7) is 0.398. The van der Waals surface area contributed by atoms with Crippen molar-refractivity contribution >= 4 is 25.2 Å². The molecule has 2 atom stereocenters. The predicted octanol–water partition coefficient (Wildman–Crippen LogP) is 1.29. The Morgan fingerprint density at radius 1 is 1.22 bits per heavy atom. The van der Waals surface area contributed by atoms with Gasteiger partial charge in [-0.15, -0.1) is 0 Å². The summed E-state index contributed by atoms with van der Waals surface area (Å²) in [4.78, 5) is 23.9. The zero-order valence-corrected chi connectivity index (χ0v) is 15.0. The third kappa shape index (κ3) is 4.14. The molecule has 0 heterocycles. The van der Waals surface area contributed by atoms with Gasteiger partial charge in [0.05, 0.1) is 18.4 Å². The van der Waals surface area contributed by atoms with Crippen molar-refractivity contribution in [2.24, 2.45) is 11.3 Å². The highest BCUT2D eigenvalue weighted by atomic mass is 16.5. The topological polar surface area (TPSA) is 84.9 Å². The SMILES string of the molecule is [B]c1cccc(COc2ccc(C[C@]3(C(=O)OC)C[C@@H]3C(=O)NO)cc2)c1. The van der Waals surface area contributed by atoms with Gasteiger partial charge >= 0.3 is 5.97 Å². The lowest BCUT2D eigenvalue weighted by molar-refractivity contribution is -0.149. The molecule has 0 saturated heterocycles. The monoisotopic (exact) mass is 365 g/mol. The van der Waals surface area contributed by atoms with Crippen molar-refractivity contribution in [1.82, 2.24) is 5.48 Å². The third-order valence-corrected chi connectivity index (χ3v) is 4.89. The van der Waals surface area contributed by atoms with Gasteiger partial charge in [0.15, 0.2) is 0 Å². The number of hydroxylamine groups is 1. The average molecular weight is 365 g/mol. The Bertz CT molecular complexity index is 839. The van der Waals surface area contributed by atoms with E-state index >= 15 is 0 Å². The molecule has 0 aromatic heterocycles. The van der Waals surface area contributed by atoms with Gasteiger partial charge in [-0.05, 0) is 36.1 Å². The Morgan fingerprint density at radius 2 is 1.96 bits per heavy atom. The van der Waals surface area contributed by atoms with Crippen LogP contribution in [0.4, 0.5) is 0 Å². The molecule has 1 amide bonds. The van der Waals surface area contributed by atoms with Crippen molar-refractivity contribution in [3.63, 3.8) is 0 Å². The minimum Gasteiger partial charge on any atom is -0.489 e. The molecule has 138 valence electrons. The second kappa shape index (κ2) is 7.84. The number of ether oxygens (including phenoxy) is 2. The fourth-order valence-corrected chi connectivity index (χ4v) is 3.34. The van der Waals surface area contributed by atoms with Crippen LogP contribution in [0.2, 0.25) is 0 Å². The Balaban J connectivity index is 1.64. The maximum atomic E-state index is 12.2. The number of hydrogen-bond acceptors (Lipinski definition) is 5. The van der Waals surface area contributed by atoms with Gasteiger partial charge in [0.2, 0.25) is 5.91 Å². The number of methoxy groups -OCH3 is 1. The highest BCUT2D eigenvalue weighted by Crippen LogP contribution is 2.55. The normalized spacial score (nSPS) is 20.6. The van der Waals surface area contributed by atoms with Crippen molar-refractivity contribution in [3.8, 4) is 5.75 Å². The van der Waals surface area contributed by atoms with Crippen LogP contribution in [-0.2, 0) is 27.4 Å². The van der Waals surface area contributed by atoms with E-state index in [0.717, 1.165) is 11.1 Å². The lowest BCUT2D eigenvalue weighted by atomic mass is 9.93. The fourth-order valence-electron chi connectivity index (χ4n) is 3.34. The lowest BCUT2D eigenvalue weighted by Gasteiger charge is -2.15. The number of hydrogen-bond donors (Lipinski definition) is 2. The predicted molar refractivity (Wildman–Crippen MR) is 98.8 cm³/mol. The molecule has 27 heavy (non-hydrogen) atoms. The molecule has 1 aliphatic carbocycles. The Morgan fingerprint density at radius 3 is 2.59 bits per heavy atom. The summed E-state index contributed by atoms with van der Waals surface area (Å²) in [6.07, 6.45) is 0.701. The molecule has 6 nitrogen and oxygen atoms in total. The summed E-state index contributed by atoms with van der Waals surface area (Å²) < 4.78 is 10.6. The number of carbonyl (C=O) groups excluding carboxylic acids is 2. The molecule has 3 rings (SSSR count). The zero-order valence-electron chi connectivity index (χ0n) is 15.0. The van der Waals surface area contributed by atoms with Gasteiger partial charge in [0, 0.05) is 0 Å². The summed E-state index contributed by atoms with van der Waals surface area (Å²) in [6, 6.07) is 14.8. The maximum Gasteiger partial charge on any atom is 0.312 e. The number of amides is 1. The molecule has 2 radical (unpaired) electrons. The molecule has 0 aliphatic heterocycles. The molecule has 2 N–H and O–H groups in total. The third-order valence-electron chi connectivity index (χ3n) is 4.89. The first kappa shape index (κ1) is 19.0. The van der Waals surface area contributed by atoms with Crippen LogP contribution in [0.1, 0.15) is 17.5 Å². The summed E-state index contributed by atoms with van der Waals surface area (Å²) in [5.41, 5.74) is 3.23. The number of carbonyl (C=O) groups is 2. The number of esters is 1. The molecule has 2 aromatic carbocycles. The Labute approximate surface area is 158 Å². The van der Waals surface area contributed by atoms with Crippen LogP contribution in [-0.4, -0.2) is 32.0 Å². The van der Waals surface area contributed by atoms with Crippen LogP contribution in [0.5, 0.6) is 5.75 Å². The summed E-state index contributed by atoms with van der Waals surface area (Å²) in [5, 5.41) is 8.83.